The fourth-order valence-electron chi connectivity index (χ4n) is 2.66. The van der Waals surface area contributed by atoms with Crippen LogP contribution in [0.15, 0.2) is 47.4 Å². The quantitative estimate of drug-likeness (QED) is 0.527. The number of anilines is 1. The molecule has 0 spiro atoms. The Morgan fingerprint density at radius 2 is 1.89 bits per heavy atom. The van der Waals surface area contributed by atoms with E-state index in [0.29, 0.717) is 33.8 Å². The molecule has 28 heavy (non-hydrogen) atoms. The van der Waals surface area contributed by atoms with Gasteiger partial charge in [-0.25, -0.2) is 8.42 Å². The van der Waals surface area contributed by atoms with Crippen molar-refractivity contribution >= 4 is 56.6 Å². The number of rotatable bonds is 6. The first-order valence-corrected chi connectivity index (χ1v) is 11.9. The molecule has 2 aromatic rings. The van der Waals surface area contributed by atoms with E-state index in [-0.39, 0.29) is 12.5 Å². The van der Waals surface area contributed by atoms with Crippen LogP contribution < -0.4 is 14.4 Å². The number of thioether (sulfide) groups is 1. The Kier molecular flexibility index (Phi) is 6.65. The highest BCUT2D eigenvalue weighted by molar-refractivity contribution is 7.99. The van der Waals surface area contributed by atoms with Crippen molar-refractivity contribution in [3.8, 4) is 5.75 Å². The highest BCUT2D eigenvalue weighted by Crippen LogP contribution is 2.37. The molecule has 0 fully saturated rings. The Balaban J connectivity index is 1.61. The van der Waals surface area contributed by atoms with Crippen molar-refractivity contribution in [2.24, 2.45) is 0 Å². The standard InChI is InChI=1S/C18H18Cl2N2O4S2/c1-28(24,25)22-11-17(26-16-7-4-13(20)10-15(16)22)18(23)21-8-9-27-14-5-2-12(19)3-6-14/h2-7,10,17H,8-9,11H2,1H3,(H,21,23)/t17-/m1/s1. The van der Waals surface area contributed by atoms with Crippen molar-refractivity contribution in [3.05, 3.63) is 52.5 Å². The number of hydrogen-bond acceptors (Lipinski definition) is 5. The van der Waals surface area contributed by atoms with E-state index < -0.39 is 16.1 Å². The van der Waals surface area contributed by atoms with E-state index in [9.17, 15) is 13.2 Å². The van der Waals surface area contributed by atoms with Crippen molar-refractivity contribution in [1.82, 2.24) is 5.32 Å². The molecule has 150 valence electrons. The van der Waals surface area contributed by atoms with Crippen LogP contribution in [0.5, 0.6) is 5.75 Å². The van der Waals surface area contributed by atoms with Crippen LogP contribution in [-0.4, -0.2) is 45.5 Å². The number of amides is 1. The SMILES string of the molecule is CS(=O)(=O)N1C[C@H](C(=O)NCCSc2ccc(Cl)cc2)Oc2ccc(Cl)cc21. The van der Waals surface area contributed by atoms with Gasteiger partial charge in [0.2, 0.25) is 10.0 Å². The molecule has 0 saturated heterocycles. The first-order chi connectivity index (χ1) is 13.2. The molecular weight excluding hydrogens is 443 g/mol. The predicted octanol–water partition coefficient (Wildman–Crippen LogP) is 3.43. The maximum Gasteiger partial charge on any atom is 0.263 e. The third kappa shape index (κ3) is 5.26. The Morgan fingerprint density at radius 1 is 1.21 bits per heavy atom. The van der Waals surface area contributed by atoms with E-state index in [1.54, 1.807) is 23.9 Å². The highest BCUT2D eigenvalue weighted by Gasteiger charge is 2.35. The van der Waals surface area contributed by atoms with Gasteiger partial charge < -0.3 is 10.1 Å². The number of nitrogens with zero attached hydrogens (tertiary/aromatic N) is 1. The molecule has 10 heteroatoms. The number of ether oxygens (including phenoxy) is 1. The Hall–Kier alpha value is -1.61. The van der Waals surface area contributed by atoms with Gasteiger partial charge in [0.25, 0.3) is 5.91 Å². The number of benzene rings is 2. The Bertz CT molecular complexity index is 968. The Morgan fingerprint density at radius 3 is 2.57 bits per heavy atom. The lowest BCUT2D eigenvalue weighted by Crippen LogP contribution is -2.50. The van der Waals surface area contributed by atoms with Crippen molar-refractivity contribution < 1.29 is 17.9 Å². The zero-order valence-corrected chi connectivity index (χ0v) is 18.0. The number of sulfonamides is 1. The molecule has 1 aliphatic rings. The van der Waals surface area contributed by atoms with Gasteiger partial charge in [0, 0.05) is 27.2 Å². The lowest BCUT2D eigenvalue weighted by molar-refractivity contribution is -0.127. The van der Waals surface area contributed by atoms with Gasteiger partial charge in [-0.05, 0) is 42.5 Å². The zero-order chi connectivity index (χ0) is 20.3. The van der Waals surface area contributed by atoms with E-state index in [1.165, 1.54) is 6.07 Å². The fourth-order valence-corrected chi connectivity index (χ4v) is 4.63. The normalized spacial score (nSPS) is 16.2. The second-order valence-electron chi connectivity index (χ2n) is 6.11. The van der Waals surface area contributed by atoms with E-state index in [4.69, 9.17) is 27.9 Å². The second-order valence-corrected chi connectivity index (χ2v) is 10.1. The van der Waals surface area contributed by atoms with Gasteiger partial charge in [-0.2, -0.15) is 0 Å². The fraction of sp³-hybridized carbons (Fsp3) is 0.278. The first kappa shape index (κ1) is 21.1. The lowest BCUT2D eigenvalue weighted by Gasteiger charge is -2.34. The van der Waals surface area contributed by atoms with Crippen molar-refractivity contribution in [1.29, 1.82) is 0 Å². The van der Waals surface area contributed by atoms with Gasteiger partial charge in [0.15, 0.2) is 6.10 Å². The lowest BCUT2D eigenvalue weighted by atomic mass is 10.2. The number of carbonyl (C=O) groups excluding carboxylic acids is 1. The summed E-state index contributed by atoms with van der Waals surface area (Å²) in [4.78, 5) is 13.5. The largest absolute Gasteiger partial charge is 0.476 e. The summed E-state index contributed by atoms with van der Waals surface area (Å²) < 4.78 is 31.2. The van der Waals surface area contributed by atoms with Crippen LogP contribution >= 0.6 is 35.0 Å². The van der Waals surface area contributed by atoms with E-state index in [1.807, 2.05) is 24.3 Å². The van der Waals surface area contributed by atoms with Crippen LogP contribution in [-0.2, 0) is 14.8 Å². The molecule has 0 unspecified atom stereocenters. The van der Waals surface area contributed by atoms with Gasteiger partial charge >= 0.3 is 0 Å². The van der Waals surface area contributed by atoms with Crippen molar-refractivity contribution in [2.75, 3.05) is 29.4 Å². The van der Waals surface area contributed by atoms with Crippen LogP contribution in [0.2, 0.25) is 10.0 Å². The molecule has 3 rings (SSSR count). The van der Waals surface area contributed by atoms with Crippen molar-refractivity contribution in [2.45, 2.75) is 11.0 Å². The molecule has 2 aromatic carbocycles. The molecule has 0 radical (unpaired) electrons. The minimum atomic E-state index is -3.59. The predicted molar refractivity (Wildman–Crippen MR) is 113 cm³/mol. The second kappa shape index (κ2) is 8.82. The van der Waals surface area contributed by atoms with Gasteiger partial charge in [0.1, 0.15) is 5.75 Å². The van der Waals surface area contributed by atoms with Gasteiger partial charge in [0.05, 0.1) is 18.5 Å². The van der Waals surface area contributed by atoms with Crippen molar-refractivity contribution in [3.63, 3.8) is 0 Å². The van der Waals surface area contributed by atoms with E-state index >= 15 is 0 Å². The Labute approximate surface area is 178 Å². The third-order valence-corrected chi connectivity index (χ3v) is 6.61. The summed E-state index contributed by atoms with van der Waals surface area (Å²) in [6.07, 6.45) is 0.143. The van der Waals surface area contributed by atoms with E-state index in [2.05, 4.69) is 5.32 Å². The summed E-state index contributed by atoms with van der Waals surface area (Å²) in [6, 6.07) is 12.1. The maximum atomic E-state index is 12.5. The van der Waals surface area contributed by atoms with Gasteiger partial charge in [-0.3, -0.25) is 9.10 Å². The van der Waals surface area contributed by atoms with Crippen LogP contribution in [0.3, 0.4) is 0 Å². The van der Waals surface area contributed by atoms with Gasteiger partial charge in [-0.15, -0.1) is 11.8 Å². The summed E-state index contributed by atoms with van der Waals surface area (Å²) in [6.45, 7) is 0.306. The molecule has 1 N–H and O–H groups in total. The molecular formula is C18H18Cl2N2O4S2. The van der Waals surface area contributed by atoms with Crippen LogP contribution in [0.1, 0.15) is 0 Å². The molecule has 0 aromatic heterocycles. The van der Waals surface area contributed by atoms with Crippen LogP contribution in [0.25, 0.3) is 0 Å². The number of nitrogens with one attached hydrogen (secondary N) is 1. The number of fused-ring (bicyclic) bond motifs is 1. The monoisotopic (exact) mass is 460 g/mol. The van der Waals surface area contributed by atoms with Crippen LogP contribution in [0, 0.1) is 0 Å². The smallest absolute Gasteiger partial charge is 0.263 e. The van der Waals surface area contributed by atoms with E-state index in [0.717, 1.165) is 15.5 Å². The van der Waals surface area contributed by atoms with Gasteiger partial charge in [-0.1, -0.05) is 23.2 Å². The number of carbonyl (C=O) groups is 1. The average Bonchev–Trinajstić information content (AvgIpc) is 2.64. The maximum absolute atomic E-state index is 12.5. The topological polar surface area (TPSA) is 75.7 Å². The summed E-state index contributed by atoms with van der Waals surface area (Å²) in [7, 11) is -3.59. The third-order valence-electron chi connectivity index (χ3n) is 3.97. The zero-order valence-electron chi connectivity index (χ0n) is 14.9. The minimum Gasteiger partial charge on any atom is -0.476 e. The molecule has 1 heterocycles. The number of hydrogen-bond donors (Lipinski definition) is 1. The summed E-state index contributed by atoms with van der Waals surface area (Å²) in [5.74, 6) is 0.588. The molecule has 1 aliphatic heterocycles. The minimum absolute atomic E-state index is 0.109. The molecule has 1 amide bonds. The molecule has 0 aliphatic carbocycles. The van der Waals surface area contributed by atoms with Crippen LogP contribution in [0.4, 0.5) is 5.69 Å². The molecule has 1 atom stereocenters. The summed E-state index contributed by atoms with van der Waals surface area (Å²) in [5, 5.41) is 3.85. The summed E-state index contributed by atoms with van der Waals surface area (Å²) in [5.41, 5.74) is 0.331. The molecule has 0 saturated carbocycles. The summed E-state index contributed by atoms with van der Waals surface area (Å²) >= 11 is 13.4. The highest BCUT2D eigenvalue weighted by atomic mass is 35.5. The average molecular weight is 461 g/mol. The molecule has 6 nitrogen and oxygen atoms in total. The number of halogens is 2. The molecule has 0 bridgehead atoms. The first-order valence-electron chi connectivity index (χ1n) is 8.34.